The molecule has 21 heavy (non-hydrogen) atoms. The van der Waals surface area contributed by atoms with E-state index in [9.17, 15) is 9.90 Å². The van der Waals surface area contributed by atoms with Gasteiger partial charge in [-0.3, -0.25) is 0 Å². The highest BCUT2D eigenvalue weighted by atomic mass is 16.5. The van der Waals surface area contributed by atoms with Gasteiger partial charge in [-0.25, -0.2) is 4.79 Å². The number of pyridine rings is 1. The SMILES string of the molecule is CCOC(=O)C[n+]1ccc(/C=C/c2ccccc2O)cc1. The Hall–Kier alpha value is -2.62. The lowest BCUT2D eigenvalue weighted by Gasteiger charge is -1.99. The summed E-state index contributed by atoms with van der Waals surface area (Å²) in [5.74, 6) is 0.00190. The fourth-order valence-corrected chi connectivity index (χ4v) is 1.86. The Bertz CT molecular complexity index is 633. The average molecular weight is 284 g/mol. The maximum atomic E-state index is 11.4. The van der Waals surface area contributed by atoms with Crippen LogP contribution >= 0.6 is 0 Å². The number of aromatic nitrogens is 1. The molecule has 0 unspecified atom stereocenters. The number of phenols is 1. The topological polar surface area (TPSA) is 50.4 Å². The molecular formula is C17H18NO3+. The first-order chi connectivity index (χ1) is 10.2. The lowest BCUT2D eigenvalue weighted by molar-refractivity contribution is -0.686. The molecule has 108 valence electrons. The van der Waals surface area contributed by atoms with E-state index in [0.29, 0.717) is 6.61 Å². The lowest BCUT2D eigenvalue weighted by Crippen LogP contribution is -2.37. The van der Waals surface area contributed by atoms with Crippen LogP contribution < -0.4 is 4.57 Å². The number of carbonyl (C=O) groups is 1. The molecule has 4 heteroatoms. The number of rotatable bonds is 5. The number of benzene rings is 1. The zero-order valence-electron chi connectivity index (χ0n) is 11.9. The molecule has 1 heterocycles. The Balaban J connectivity index is 2.02. The van der Waals surface area contributed by atoms with Gasteiger partial charge in [0.15, 0.2) is 12.4 Å². The van der Waals surface area contributed by atoms with E-state index in [0.717, 1.165) is 11.1 Å². The zero-order valence-corrected chi connectivity index (χ0v) is 11.9. The van der Waals surface area contributed by atoms with E-state index in [1.165, 1.54) is 0 Å². The molecule has 0 amide bonds. The maximum Gasteiger partial charge on any atom is 0.372 e. The van der Waals surface area contributed by atoms with Crippen molar-refractivity contribution in [3.05, 3.63) is 59.9 Å². The van der Waals surface area contributed by atoms with Crippen LogP contribution in [0.4, 0.5) is 0 Å². The van der Waals surface area contributed by atoms with Crippen molar-refractivity contribution in [3.63, 3.8) is 0 Å². The normalized spacial score (nSPS) is 10.7. The number of para-hydroxylation sites is 1. The van der Waals surface area contributed by atoms with Crippen molar-refractivity contribution in [3.8, 4) is 5.75 Å². The molecule has 0 aliphatic carbocycles. The molecular weight excluding hydrogens is 266 g/mol. The van der Waals surface area contributed by atoms with Crippen LogP contribution in [0.15, 0.2) is 48.8 Å². The van der Waals surface area contributed by atoms with Gasteiger partial charge in [-0.05, 0) is 18.6 Å². The quantitative estimate of drug-likeness (QED) is 0.677. The summed E-state index contributed by atoms with van der Waals surface area (Å²) in [6, 6.07) is 10.9. The van der Waals surface area contributed by atoms with Gasteiger partial charge in [0.05, 0.1) is 6.61 Å². The number of hydrogen-bond donors (Lipinski definition) is 1. The minimum Gasteiger partial charge on any atom is -0.507 e. The molecule has 2 aromatic rings. The highest BCUT2D eigenvalue weighted by Crippen LogP contribution is 2.18. The van der Waals surface area contributed by atoms with Gasteiger partial charge in [-0.1, -0.05) is 30.4 Å². The minimum absolute atomic E-state index is 0.206. The Morgan fingerprint density at radius 2 is 1.90 bits per heavy atom. The van der Waals surface area contributed by atoms with Crippen LogP contribution in [0.1, 0.15) is 18.1 Å². The highest BCUT2D eigenvalue weighted by molar-refractivity contribution is 5.72. The second kappa shape index (κ2) is 7.24. The van der Waals surface area contributed by atoms with Crippen molar-refractivity contribution in [1.82, 2.24) is 0 Å². The van der Waals surface area contributed by atoms with Crippen LogP contribution in [-0.4, -0.2) is 17.7 Å². The molecule has 0 spiro atoms. The molecule has 0 radical (unpaired) electrons. The van der Waals surface area contributed by atoms with Crippen molar-refractivity contribution in [2.24, 2.45) is 0 Å². The number of hydrogen-bond acceptors (Lipinski definition) is 3. The van der Waals surface area contributed by atoms with E-state index in [1.807, 2.05) is 48.8 Å². The van der Waals surface area contributed by atoms with Crippen molar-refractivity contribution >= 4 is 18.1 Å². The number of esters is 1. The van der Waals surface area contributed by atoms with Crippen molar-refractivity contribution < 1.29 is 19.2 Å². The molecule has 1 N–H and O–H groups in total. The van der Waals surface area contributed by atoms with Crippen molar-refractivity contribution in [2.45, 2.75) is 13.5 Å². The molecule has 0 fully saturated rings. The Morgan fingerprint density at radius 1 is 1.19 bits per heavy atom. The molecule has 0 saturated heterocycles. The van der Waals surface area contributed by atoms with Gasteiger partial charge in [0, 0.05) is 17.7 Å². The molecule has 0 atom stereocenters. The van der Waals surface area contributed by atoms with E-state index in [-0.39, 0.29) is 18.3 Å². The number of nitrogens with zero attached hydrogens (tertiary/aromatic N) is 1. The number of aromatic hydroxyl groups is 1. The molecule has 4 nitrogen and oxygen atoms in total. The van der Waals surface area contributed by atoms with Crippen LogP contribution in [0.2, 0.25) is 0 Å². The van der Waals surface area contributed by atoms with E-state index in [2.05, 4.69) is 0 Å². The average Bonchev–Trinajstić information content (AvgIpc) is 2.48. The molecule has 0 bridgehead atoms. The highest BCUT2D eigenvalue weighted by Gasteiger charge is 2.08. The summed E-state index contributed by atoms with van der Waals surface area (Å²) in [6.07, 6.45) is 7.40. The van der Waals surface area contributed by atoms with E-state index >= 15 is 0 Å². The third kappa shape index (κ3) is 4.45. The monoisotopic (exact) mass is 284 g/mol. The van der Waals surface area contributed by atoms with Gasteiger partial charge in [0.1, 0.15) is 5.75 Å². The van der Waals surface area contributed by atoms with Gasteiger partial charge in [-0.2, -0.15) is 4.57 Å². The van der Waals surface area contributed by atoms with Crippen LogP contribution in [-0.2, 0) is 16.1 Å². The van der Waals surface area contributed by atoms with Gasteiger partial charge in [-0.15, -0.1) is 0 Å². The van der Waals surface area contributed by atoms with Gasteiger partial charge >= 0.3 is 5.97 Å². The first-order valence-corrected chi connectivity index (χ1v) is 6.80. The fraction of sp³-hybridized carbons (Fsp3) is 0.176. The third-order valence-electron chi connectivity index (χ3n) is 2.93. The molecule has 0 saturated carbocycles. The van der Waals surface area contributed by atoms with E-state index in [4.69, 9.17) is 4.74 Å². The van der Waals surface area contributed by atoms with Crippen LogP contribution in [0, 0.1) is 0 Å². The molecule has 1 aromatic heterocycles. The van der Waals surface area contributed by atoms with Crippen LogP contribution in [0.25, 0.3) is 12.2 Å². The predicted octanol–water partition coefficient (Wildman–Crippen LogP) is 2.41. The summed E-state index contributed by atoms with van der Waals surface area (Å²) in [4.78, 5) is 11.4. The summed E-state index contributed by atoms with van der Waals surface area (Å²) < 4.78 is 6.65. The van der Waals surface area contributed by atoms with Crippen LogP contribution in [0.3, 0.4) is 0 Å². The predicted molar refractivity (Wildman–Crippen MR) is 80.3 cm³/mol. The molecule has 0 aliphatic heterocycles. The summed E-state index contributed by atoms with van der Waals surface area (Å²) in [5.41, 5.74) is 1.75. The second-order valence-corrected chi connectivity index (χ2v) is 4.50. The Kier molecular flexibility index (Phi) is 5.10. The number of phenolic OH excluding ortho intramolecular Hbond substituents is 1. The number of carbonyl (C=O) groups excluding carboxylic acids is 1. The van der Waals surface area contributed by atoms with Crippen molar-refractivity contribution in [1.29, 1.82) is 0 Å². The van der Waals surface area contributed by atoms with Crippen molar-refractivity contribution in [2.75, 3.05) is 6.61 Å². The summed E-state index contributed by atoms with van der Waals surface area (Å²) in [7, 11) is 0. The Morgan fingerprint density at radius 3 is 2.57 bits per heavy atom. The largest absolute Gasteiger partial charge is 0.507 e. The lowest BCUT2D eigenvalue weighted by atomic mass is 10.1. The van der Waals surface area contributed by atoms with Gasteiger partial charge in [0.25, 0.3) is 0 Å². The molecule has 1 aromatic carbocycles. The minimum atomic E-state index is -0.250. The van der Waals surface area contributed by atoms with E-state index < -0.39 is 0 Å². The summed E-state index contributed by atoms with van der Waals surface area (Å²) >= 11 is 0. The van der Waals surface area contributed by atoms with Gasteiger partial charge < -0.3 is 9.84 Å². The summed E-state index contributed by atoms with van der Waals surface area (Å²) in [6.45, 7) is 2.38. The third-order valence-corrected chi connectivity index (χ3v) is 2.93. The number of ether oxygens (including phenoxy) is 1. The first-order valence-electron chi connectivity index (χ1n) is 6.80. The fourth-order valence-electron chi connectivity index (χ4n) is 1.86. The second-order valence-electron chi connectivity index (χ2n) is 4.50. The maximum absolute atomic E-state index is 11.4. The zero-order chi connectivity index (χ0) is 15.1. The van der Waals surface area contributed by atoms with E-state index in [1.54, 1.807) is 23.6 Å². The van der Waals surface area contributed by atoms with Gasteiger partial charge in [0.2, 0.25) is 6.54 Å². The Labute approximate surface area is 123 Å². The molecule has 2 rings (SSSR count). The smallest absolute Gasteiger partial charge is 0.372 e. The summed E-state index contributed by atoms with van der Waals surface area (Å²) in [5, 5.41) is 9.68. The van der Waals surface area contributed by atoms with Crippen LogP contribution in [0.5, 0.6) is 5.75 Å². The molecule has 0 aliphatic rings. The first kappa shape index (κ1) is 14.8. The standard InChI is InChI=1S/C17H17NO3/c1-2-21-17(20)13-18-11-9-14(10-12-18)7-8-15-5-3-4-6-16(15)19/h3-12H,2,13H2,1H3/p+1.